The Bertz CT molecular complexity index is 902. The molecule has 0 aliphatic heterocycles. The molecule has 0 saturated carbocycles. The molecule has 1 amide bonds. The smallest absolute Gasteiger partial charge is 0.270 e. The lowest BCUT2D eigenvalue weighted by Gasteiger charge is -2.14. The molecule has 0 radical (unpaired) electrons. The number of hydrogen-bond donors (Lipinski definition) is 1. The van der Waals surface area contributed by atoms with E-state index >= 15 is 0 Å². The third kappa shape index (κ3) is 4.00. The second kappa shape index (κ2) is 7.40. The van der Waals surface area contributed by atoms with Gasteiger partial charge >= 0.3 is 0 Å². The fourth-order valence-electron chi connectivity index (χ4n) is 2.39. The first-order valence-electron chi connectivity index (χ1n) is 7.68. The molecule has 1 N–H and O–H groups in total. The molecule has 0 unspecified atom stereocenters. The van der Waals surface area contributed by atoms with Gasteiger partial charge in [-0.1, -0.05) is 41.9 Å². The SMILES string of the molecule is C[C@H](NC(=O)c1cc(-c2ccc(F)c(Cl)c2)ncn1)c1ccccc1. The summed E-state index contributed by atoms with van der Waals surface area (Å²) in [6.07, 6.45) is 1.30. The molecule has 3 rings (SSSR count). The lowest BCUT2D eigenvalue weighted by molar-refractivity contribution is 0.0934. The van der Waals surface area contributed by atoms with Crippen molar-refractivity contribution in [1.29, 1.82) is 0 Å². The van der Waals surface area contributed by atoms with Gasteiger partial charge in [0.15, 0.2) is 0 Å². The number of nitrogens with one attached hydrogen (secondary N) is 1. The van der Waals surface area contributed by atoms with Crippen LogP contribution in [0, 0.1) is 5.82 Å². The third-order valence-corrected chi connectivity index (χ3v) is 4.05. The van der Waals surface area contributed by atoms with Gasteiger partial charge < -0.3 is 5.32 Å². The maximum Gasteiger partial charge on any atom is 0.270 e. The van der Waals surface area contributed by atoms with Crippen LogP contribution in [0.15, 0.2) is 60.9 Å². The van der Waals surface area contributed by atoms with E-state index in [2.05, 4.69) is 15.3 Å². The van der Waals surface area contributed by atoms with Gasteiger partial charge in [0.25, 0.3) is 5.91 Å². The number of benzene rings is 2. The summed E-state index contributed by atoms with van der Waals surface area (Å²) in [5.41, 5.74) is 2.33. The van der Waals surface area contributed by atoms with E-state index in [1.54, 1.807) is 12.1 Å². The second-order valence-corrected chi connectivity index (χ2v) is 5.93. The number of halogens is 2. The Balaban J connectivity index is 1.81. The van der Waals surface area contributed by atoms with Crippen molar-refractivity contribution in [2.24, 2.45) is 0 Å². The van der Waals surface area contributed by atoms with Gasteiger partial charge in [-0.3, -0.25) is 4.79 Å². The largest absolute Gasteiger partial charge is 0.344 e. The topological polar surface area (TPSA) is 54.9 Å². The summed E-state index contributed by atoms with van der Waals surface area (Å²) >= 11 is 5.81. The zero-order valence-electron chi connectivity index (χ0n) is 13.4. The van der Waals surface area contributed by atoms with Crippen molar-refractivity contribution in [1.82, 2.24) is 15.3 Å². The molecule has 0 aliphatic carbocycles. The molecule has 25 heavy (non-hydrogen) atoms. The van der Waals surface area contributed by atoms with E-state index in [-0.39, 0.29) is 22.7 Å². The normalized spacial score (nSPS) is 11.8. The second-order valence-electron chi connectivity index (χ2n) is 5.52. The molecule has 1 aromatic heterocycles. The van der Waals surface area contributed by atoms with E-state index < -0.39 is 5.82 Å². The number of nitrogens with zero attached hydrogens (tertiary/aromatic N) is 2. The number of hydrogen-bond acceptors (Lipinski definition) is 3. The van der Waals surface area contributed by atoms with Crippen LogP contribution in [0.5, 0.6) is 0 Å². The Kier molecular flexibility index (Phi) is 5.05. The fraction of sp³-hybridized carbons (Fsp3) is 0.105. The van der Waals surface area contributed by atoms with Crippen LogP contribution in [0.4, 0.5) is 4.39 Å². The predicted octanol–water partition coefficient (Wildman–Crippen LogP) is 4.43. The highest BCUT2D eigenvalue weighted by atomic mass is 35.5. The number of rotatable bonds is 4. The molecule has 4 nitrogen and oxygen atoms in total. The molecule has 0 fully saturated rings. The highest BCUT2D eigenvalue weighted by molar-refractivity contribution is 6.31. The fourth-order valence-corrected chi connectivity index (χ4v) is 2.57. The molecule has 1 heterocycles. The van der Waals surface area contributed by atoms with E-state index in [1.807, 2.05) is 37.3 Å². The van der Waals surface area contributed by atoms with Gasteiger partial charge in [-0.25, -0.2) is 14.4 Å². The van der Waals surface area contributed by atoms with Crippen molar-refractivity contribution in [2.75, 3.05) is 0 Å². The molecule has 0 aliphatic rings. The van der Waals surface area contributed by atoms with Gasteiger partial charge in [-0.05, 0) is 36.8 Å². The summed E-state index contributed by atoms with van der Waals surface area (Å²) in [7, 11) is 0. The quantitative estimate of drug-likeness (QED) is 0.753. The van der Waals surface area contributed by atoms with Gasteiger partial charge in [-0.15, -0.1) is 0 Å². The Labute approximate surface area is 149 Å². The summed E-state index contributed by atoms with van der Waals surface area (Å²) in [5.74, 6) is -0.817. The van der Waals surface area contributed by atoms with Crippen LogP contribution in [0.1, 0.15) is 29.0 Å². The molecular weight excluding hydrogens is 341 g/mol. The molecule has 6 heteroatoms. The van der Waals surface area contributed by atoms with Crippen molar-refractivity contribution in [2.45, 2.75) is 13.0 Å². The summed E-state index contributed by atoms with van der Waals surface area (Å²) in [4.78, 5) is 20.6. The van der Waals surface area contributed by atoms with Crippen LogP contribution >= 0.6 is 11.6 Å². The summed E-state index contributed by atoms with van der Waals surface area (Å²) in [5, 5.41) is 2.90. The average molecular weight is 356 g/mol. The van der Waals surface area contributed by atoms with Crippen molar-refractivity contribution in [3.8, 4) is 11.3 Å². The molecule has 126 valence electrons. The van der Waals surface area contributed by atoms with E-state index in [9.17, 15) is 9.18 Å². The summed E-state index contributed by atoms with van der Waals surface area (Å²) in [6, 6.07) is 15.3. The molecule has 1 atom stereocenters. The lowest BCUT2D eigenvalue weighted by atomic mass is 10.1. The van der Waals surface area contributed by atoms with Gasteiger partial charge in [0.05, 0.1) is 16.8 Å². The minimum atomic E-state index is -0.505. The third-order valence-electron chi connectivity index (χ3n) is 3.76. The van der Waals surface area contributed by atoms with E-state index in [1.165, 1.54) is 18.5 Å². The first-order chi connectivity index (χ1) is 12.0. The highest BCUT2D eigenvalue weighted by Crippen LogP contribution is 2.23. The van der Waals surface area contributed by atoms with E-state index in [0.29, 0.717) is 11.3 Å². The monoisotopic (exact) mass is 355 g/mol. The van der Waals surface area contributed by atoms with Crippen LogP contribution in [-0.4, -0.2) is 15.9 Å². The van der Waals surface area contributed by atoms with Crippen molar-refractivity contribution < 1.29 is 9.18 Å². The van der Waals surface area contributed by atoms with Gasteiger partial charge in [0.2, 0.25) is 0 Å². The van der Waals surface area contributed by atoms with Gasteiger partial charge in [0.1, 0.15) is 17.8 Å². The van der Waals surface area contributed by atoms with Crippen LogP contribution < -0.4 is 5.32 Å². The first kappa shape index (κ1) is 17.0. The number of aromatic nitrogens is 2. The lowest BCUT2D eigenvalue weighted by Crippen LogP contribution is -2.27. The van der Waals surface area contributed by atoms with E-state index in [0.717, 1.165) is 5.56 Å². The summed E-state index contributed by atoms with van der Waals surface area (Å²) in [6.45, 7) is 1.90. The standard InChI is InChI=1S/C19H15ClFN3O/c1-12(13-5-3-2-4-6-13)24-19(25)18-10-17(22-11-23-18)14-7-8-16(21)15(20)9-14/h2-12H,1H3,(H,24,25)/t12-/m0/s1. The zero-order valence-corrected chi connectivity index (χ0v) is 14.2. The molecule has 3 aromatic rings. The minimum absolute atomic E-state index is 0.000173. The highest BCUT2D eigenvalue weighted by Gasteiger charge is 2.14. The van der Waals surface area contributed by atoms with E-state index in [4.69, 9.17) is 11.6 Å². The maximum atomic E-state index is 13.3. The molecule has 2 aromatic carbocycles. The maximum absolute atomic E-state index is 13.3. The average Bonchev–Trinajstić information content (AvgIpc) is 2.64. The van der Waals surface area contributed by atoms with Crippen LogP contribution in [-0.2, 0) is 0 Å². The summed E-state index contributed by atoms with van der Waals surface area (Å²) < 4.78 is 13.3. The zero-order chi connectivity index (χ0) is 17.8. The molecule has 0 bridgehead atoms. The predicted molar refractivity (Wildman–Crippen MR) is 94.8 cm³/mol. The Hall–Kier alpha value is -2.79. The van der Waals surface area contributed by atoms with Gasteiger partial charge in [-0.2, -0.15) is 0 Å². The van der Waals surface area contributed by atoms with Gasteiger partial charge in [0, 0.05) is 5.56 Å². The number of carbonyl (C=O) groups is 1. The van der Waals surface area contributed by atoms with Crippen LogP contribution in [0.25, 0.3) is 11.3 Å². The minimum Gasteiger partial charge on any atom is -0.344 e. The van der Waals surface area contributed by atoms with Crippen molar-refractivity contribution in [3.05, 3.63) is 83.0 Å². The van der Waals surface area contributed by atoms with Crippen molar-refractivity contribution >= 4 is 17.5 Å². The Morgan fingerprint density at radius 2 is 1.88 bits per heavy atom. The Morgan fingerprint density at radius 3 is 2.60 bits per heavy atom. The van der Waals surface area contributed by atoms with Crippen LogP contribution in [0.3, 0.4) is 0 Å². The Morgan fingerprint density at radius 1 is 1.12 bits per heavy atom. The number of amides is 1. The molecule has 0 saturated heterocycles. The molecule has 0 spiro atoms. The van der Waals surface area contributed by atoms with Crippen molar-refractivity contribution in [3.63, 3.8) is 0 Å². The first-order valence-corrected chi connectivity index (χ1v) is 8.05. The van der Waals surface area contributed by atoms with Crippen LogP contribution in [0.2, 0.25) is 5.02 Å². The number of carbonyl (C=O) groups excluding carboxylic acids is 1. The molecular formula is C19H15ClFN3O.